The van der Waals surface area contributed by atoms with Crippen LogP contribution in [0.15, 0.2) is 0 Å². The monoisotopic (exact) mass is 533 g/mol. The minimum absolute atomic E-state index is 0.0364. The number of carbonyl (C=O) groups is 3. The van der Waals surface area contributed by atoms with Gasteiger partial charge in [0.2, 0.25) is 5.91 Å². The summed E-state index contributed by atoms with van der Waals surface area (Å²) in [6.07, 6.45) is 9.97. The van der Waals surface area contributed by atoms with Gasteiger partial charge in [-0.15, -0.1) is 0 Å². The Balaban J connectivity index is 1.41. The summed E-state index contributed by atoms with van der Waals surface area (Å²) in [5.74, 6) is 1.53. The largest absolute Gasteiger partial charge is 0.480 e. The maximum Gasteiger partial charge on any atom is 0.322 e. The predicted octanol–water partition coefficient (Wildman–Crippen LogP) is 5.19. The number of rotatable bonds is 9. The van der Waals surface area contributed by atoms with Gasteiger partial charge in [0.25, 0.3) is 0 Å². The van der Waals surface area contributed by atoms with Gasteiger partial charge in [-0.3, -0.25) is 14.4 Å². The van der Waals surface area contributed by atoms with Gasteiger partial charge in [-0.25, -0.2) is 0 Å². The van der Waals surface area contributed by atoms with E-state index in [0.29, 0.717) is 41.9 Å². The molecule has 0 aromatic carbocycles. The SMILES string of the molecule is CCC(C)C(=O)OC1CCC2(C)C(CCC3C2CC(O)C2(C)C(C(C)CCC(=O)NCC(=O)O)CCC32)C1. The maximum atomic E-state index is 12.4. The van der Waals surface area contributed by atoms with E-state index in [0.717, 1.165) is 51.4 Å². The maximum absolute atomic E-state index is 12.4. The van der Waals surface area contributed by atoms with E-state index < -0.39 is 5.97 Å². The Bertz CT molecular complexity index is 892. The highest BCUT2D eigenvalue weighted by Crippen LogP contribution is 2.68. The molecular formula is C31H51NO6. The first-order chi connectivity index (χ1) is 17.9. The van der Waals surface area contributed by atoms with Crippen molar-refractivity contribution in [3.8, 4) is 0 Å². The minimum atomic E-state index is -1.03. The molecule has 0 aromatic heterocycles. The van der Waals surface area contributed by atoms with E-state index in [9.17, 15) is 19.5 Å². The number of carbonyl (C=O) groups excluding carboxylic acids is 2. The van der Waals surface area contributed by atoms with Gasteiger partial charge in [0.05, 0.1) is 12.0 Å². The van der Waals surface area contributed by atoms with Crippen molar-refractivity contribution in [2.75, 3.05) is 6.54 Å². The number of aliphatic hydroxyl groups excluding tert-OH is 1. The van der Waals surface area contributed by atoms with Crippen LogP contribution in [-0.4, -0.2) is 46.8 Å². The third-order valence-electron chi connectivity index (χ3n) is 12.0. The summed E-state index contributed by atoms with van der Waals surface area (Å²) in [7, 11) is 0. The standard InChI is InChI=1S/C31H51NO6/c1-6-18(2)29(37)38-21-13-14-30(4)20(15-21)8-9-22-24-11-10-23(31(24,5)26(33)16-25(22)30)19(3)7-12-27(34)32-17-28(35)36/h18-26,33H,6-17H2,1-5H3,(H,32,34)(H,35,36). The van der Waals surface area contributed by atoms with Gasteiger partial charge in [0.1, 0.15) is 12.6 Å². The fourth-order valence-corrected chi connectivity index (χ4v) is 9.52. The minimum Gasteiger partial charge on any atom is -0.480 e. The zero-order valence-electron chi connectivity index (χ0n) is 24.2. The molecule has 38 heavy (non-hydrogen) atoms. The average Bonchev–Trinajstić information content (AvgIpc) is 3.25. The molecule has 0 heterocycles. The Morgan fingerprint density at radius 2 is 1.76 bits per heavy atom. The van der Waals surface area contributed by atoms with Gasteiger partial charge in [-0.1, -0.05) is 34.6 Å². The van der Waals surface area contributed by atoms with E-state index in [1.54, 1.807) is 0 Å². The highest BCUT2D eigenvalue weighted by atomic mass is 16.5. The molecule has 7 nitrogen and oxygen atoms in total. The molecule has 3 N–H and O–H groups in total. The fourth-order valence-electron chi connectivity index (χ4n) is 9.52. The normalized spacial score (nSPS) is 41.7. The van der Waals surface area contributed by atoms with E-state index in [2.05, 4.69) is 26.1 Å². The van der Waals surface area contributed by atoms with Gasteiger partial charge in [-0.05, 0) is 111 Å². The number of fused-ring (bicyclic) bond motifs is 5. The topological polar surface area (TPSA) is 113 Å². The fraction of sp³-hybridized carbons (Fsp3) is 0.903. The molecule has 0 aliphatic heterocycles. The molecule has 7 heteroatoms. The molecule has 0 aromatic rings. The Morgan fingerprint density at radius 1 is 1.03 bits per heavy atom. The van der Waals surface area contributed by atoms with Gasteiger partial charge in [0.15, 0.2) is 0 Å². The molecule has 4 fully saturated rings. The number of hydrogen-bond donors (Lipinski definition) is 3. The van der Waals surface area contributed by atoms with Crippen LogP contribution in [0.25, 0.3) is 0 Å². The Hall–Kier alpha value is -1.63. The molecule has 4 saturated carbocycles. The zero-order valence-corrected chi connectivity index (χ0v) is 24.2. The zero-order chi connectivity index (χ0) is 27.8. The van der Waals surface area contributed by atoms with Crippen LogP contribution in [-0.2, 0) is 19.1 Å². The second-order valence-electron chi connectivity index (χ2n) is 13.8. The van der Waals surface area contributed by atoms with Crippen molar-refractivity contribution in [1.82, 2.24) is 5.32 Å². The second kappa shape index (κ2) is 11.5. The third kappa shape index (κ3) is 5.38. The summed E-state index contributed by atoms with van der Waals surface area (Å²) in [5, 5.41) is 23.1. The molecule has 1 amide bonds. The summed E-state index contributed by atoms with van der Waals surface area (Å²) >= 11 is 0. The third-order valence-corrected chi connectivity index (χ3v) is 12.0. The lowest BCUT2D eigenvalue weighted by atomic mass is 9.43. The van der Waals surface area contributed by atoms with E-state index in [1.807, 2.05) is 13.8 Å². The van der Waals surface area contributed by atoms with Crippen molar-refractivity contribution in [3.63, 3.8) is 0 Å². The Morgan fingerprint density at radius 3 is 2.45 bits per heavy atom. The lowest BCUT2D eigenvalue weighted by molar-refractivity contribution is -0.183. The lowest BCUT2D eigenvalue weighted by Gasteiger charge is -2.62. The molecule has 11 atom stereocenters. The van der Waals surface area contributed by atoms with E-state index in [-0.39, 0.29) is 47.4 Å². The molecule has 0 spiro atoms. The van der Waals surface area contributed by atoms with Crippen LogP contribution < -0.4 is 5.32 Å². The van der Waals surface area contributed by atoms with Gasteiger partial charge in [0, 0.05) is 6.42 Å². The highest BCUT2D eigenvalue weighted by Gasteiger charge is 2.63. The number of aliphatic carboxylic acids is 1. The Kier molecular flexibility index (Phi) is 8.86. The molecule has 11 unspecified atom stereocenters. The van der Waals surface area contributed by atoms with Crippen molar-refractivity contribution < 1.29 is 29.3 Å². The first-order valence-corrected chi connectivity index (χ1v) is 15.3. The predicted molar refractivity (Wildman–Crippen MR) is 145 cm³/mol. The summed E-state index contributed by atoms with van der Waals surface area (Å²) in [6, 6.07) is 0. The number of ether oxygens (including phenoxy) is 1. The second-order valence-corrected chi connectivity index (χ2v) is 13.8. The van der Waals surface area contributed by atoms with Crippen LogP contribution >= 0.6 is 0 Å². The number of nitrogens with one attached hydrogen (secondary N) is 1. The van der Waals surface area contributed by atoms with Crippen molar-refractivity contribution in [2.24, 2.45) is 52.3 Å². The van der Waals surface area contributed by atoms with Gasteiger partial charge in [-0.2, -0.15) is 0 Å². The van der Waals surface area contributed by atoms with Crippen molar-refractivity contribution in [1.29, 1.82) is 0 Å². The number of amides is 1. The number of carboxylic acids is 1. The molecule has 0 saturated heterocycles. The summed E-state index contributed by atoms with van der Waals surface area (Å²) in [4.78, 5) is 35.3. The van der Waals surface area contributed by atoms with Crippen LogP contribution in [0, 0.1) is 52.3 Å². The summed E-state index contributed by atoms with van der Waals surface area (Å²) < 4.78 is 5.94. The summed E-state index contributed by atoms with van der Waals surface area (Å²) in [6.45, 7) is 10.6. The van der Waals surface area contributed by atoms with Crippen molar-refractivity contribution in [3.05, 3.63) is 0 Å². The average molecular weight is 534 g/mol. The van der Waals surface area contributed by atoms with E-state index in [4.69, 9.17) is 9.84 Å². The molecule has 0 radical (unpaired) electrons. The van der Waals surface area contributed by atoms with Crippen molar-refractivity contribution >= 4 is 17.8 Å². The molecule has 4 rings (SSSR count). The van der Waals surface area contributed by atoms with Crippen LogP contribution in [0.1, 0.15) is 105 Å². The first-order valence-electron chi connectivity index (χ1n) is 15.3. The van der Waals surface area contributed by atoms with Crippen LogP contribution in [0.5, 0.6) is 0 Å². The molecule has 216 valence electrons. The first kappa shape index (κ1) is 29.4. The van der Waals surface area contributed by atoms with Crippen LogP contribution in [0.3, 0.4) is 0 Å². The number of hydrogen-bond acceptors (Lipinski definition) is 5. The number of aliphatic hydroxyl groups is 1. The van der Waals surface area contributed by atoms with Gasteiger partial charge >= 0.3 is 11.9 Å². The van der Waals surface area contributed by atoms with E-state index in [1.165, 1.54) is 12.8 Å². The molecule has 4 aliphatic rings. The smallest absolute Gasteiger partial charge is 0.322 e. The Labute approximate surface area is 228 Å². The lowest BCUT2D eigenvalue weighted by Crippen LogP contribution is -2.59. The molecule has 0 bridgehead atoms. The molecule has 4 aliphatic carbocycles. The quantitative estimate of drug-likeness (QED) is 0.352. The highest BCUT2D eigenvalue weighted by molar-refractivity contribution is 5.81. The van der Waals surface area contributed by atoms with E-state index >= 15 is 0 Å². The van der Waals surface area contributed by atoms with Crippen molar-refractivity contribution in [2.45, 2.75) is 117 Å². The van der Waals surface area contributed by atoms with Crippen LogP contribution in [0.4, 0.5) is 0 Å². The van der Waals surface area contributed by atoms with Gasteiger partial charge < -0.3 is 20.3 Å². The van der Waals surface area contributed by atoms with Crippen LogP contribution in [0.2, 0.25) is 0 Å². The number of esters is 1. The summed E-state index contributed by atoms with van der Waals surface area (Å²) in [5.41, 5.74) is 0.0563. The number of carboxylic acid groups (broad SMARTS) is 1. The molecular weight excluding hydrogens is 482 g/mol.